The number of piperidine rings is 1. The van der Waals surface area contributed by atoms with Crippen LogP contribution in [0.25, 0.3) is 21.7 Å². The predicted molar refractivity (Wildman–Crippen MR) is 116 cm³/mol. The Kier molecular flexibility index (Phi) is 5.55. The number of hydrogen-bond acceptors (Lipinski definition) is 4. The van der Waals surface area contributed by atoms with Crippen LogP contribution < -0.4 is 4.74 Å². The number of rotatable bonds is 6. The van der Waals surface area contributed by atoms with Crippen LogP contribution in [0.2, 0.25) is 0 Å². The molecule has 4 aromatic rings. The fraction of sp³-hybridized carbons (Fsp3) is 0.320. The largest absolute Gasteiger partial charge is 0.493 e. The van der Waals surface area contributed by atoms with E-state index in [1.165, 1.54) is 24.3 Å². The molecule has 0 atom stereocenters. The zero-order valence-corrected chi connectivity index (χ0v) is 17.2. The van der Waals surface area contributed by atoms with Crippen molar-refractivity contribution >= 4 is 21.7 Å². The van der Waals surface area contributed by atoms with E-state index in [0.717, 1.165) is 66.5 Å². The number of ether oxygens (including phenoxy) is 1. The smallest absolute Gasteiger partial charge is 0.170 e. The van der Waals surface area contributed by atoms with Gasteiger partial charge < -0.3 is 14.2 Å². The van der Waals surface area contributed by atoms with E-state index in [9.17, 15) is 8.78 Å². The zero-order chi connectivity index (χ0) is 21.2. The van der Waals surface area contributed by atoms with E-state index in [4.69, 9.17) is 9.26 Å². The van der Waals surface area contributed by atoms with E-state index in [-0.39, 0.29) is 11.6 Å². The lowest BCUT2D eigenvalue weighted by molar-refractivity contribution is 0.191. The predicted octanol–water partition coefficient (Wildman–Crippen LogP) is 5.91. The van der Waals surface area contributed by atoms with Crippen molar-refractivity contribution in [3.8, 4) is 5.75 Å². The third-order valence-electron chi connectivity index (χ3n) is 6.12. The first-order chi connectivity index (χ1) is 15.2. The van der Waals surface area contributed by atoms with Crippen molar-refractivity contribution < 1.29 is 18.0 Å². The van der Waals surface area contributed by atoms with Gasteiger partial charge in [0.2, 0.25) is 0 Å². The van der Waals surface area contributed by atoms with Gasteiger partial charge in [0.1, 0.15) is 17.4 Å². The minimum Gasteiger partial charge on any atom is -0.493 e. The van der Waals surface area contributed by atoms with Crippen LogP contribution >= 0.6 is 0 Å². The summed E-state index contributed by atoms with van der Waals surface area (Å²) >= 11 is 0. The standard InChI is InChI=1S/C25H24F2N2O2/c26-19-6-5-17-3-1-4-23(22(17)15-19)30-14-2-11-29-12-9-18(10-13-29)25-21-8-7-20(27)16-24(21)31-28-25/h1,3-8,15-16,18H,2,9-14H2. The van der Waals surface area contributed by atoms with Gasteiger partial charge in [0.25, 0.3) is 0 Å². The molecular weight excluding hydrogens is 398 g/mol. The minimum absolute atomic E-state index is 0.253. The molecule has 31 heavy (non-hydrogen) atoms. The van der Waals surface area contributed by atoms with Gasteiger partial charge in [-0.05, 0) is 68.1 Å². The Labute approximate surface area is 179 Å². The molecule has 1 saturated heterocycles. The van der Waals surface area contributed by atoms with Crippen LogP contribution in [0.1, 0.15) is 30.9 Å². The van der Waals surface area contributed by atoms with Crippen molar-refractivity contribution in [3.05, 3.63) is 71.9 Å². The maximum atomic E-state index is 13.6. The molecule has 0 amide bonds. The normalized spacial score (nSPS) is 15.7. The second-order valence-electron chi connectivity index (χ2n) is 8.15. The number of halogens is 2. The highest BCUT2D eigenvalue weighted by atomic mass is 19.1. The molecule has 0 unspecified atom stereocenters. The number of aromatic nitrogens is 1. The lowest BCUT2D eigenvalue weighted by Gasteiger charge is -2.31. The fourth-order valence-electron chi connectivity index (χ4n) is 4.47. The lowest BCUT2D eigenvalue weighted by Crippen LogP contribution is -2.34. The van der Waals surface area contributed by atoms with Crippen molar-refractivity contribution in [2.75, 3.05) is 26.2 Å². The monoisotopic (exact) mass is 422 g/mol. The SMILES string of the molecule is Fc1ccc2c(C3CCN(CCCOc4cccc5ccc(F)cc45)CC3)noc2c1. The van der Waals surface area contributed by atoms with Gasteiger partial charge in [-0.25, -0.2) is 8.78 Å². The van der Waals surface area contributed by atoms with E-state index in [1.54, 1.807) is 12.1 Å². The van der Waals surface area contributed by atoms with E-state index < -0.39 is 0 Å². The average Bonchev–Trinajstić information content (AvgIpc) is 3.20. The number of fused-ring (bicyclic) bond motifs is 2. The molecule has 0 bridgehead atoms. The molecule has 1 aliphatic rings. The maximum absolute atomic E-state index is 13.6. The lowest BCUT2D eigenvalue weighted by atomic mass is 9.91. The molecule has 0 spiro atoms. The molecule has 0 N–H and O–H groups in total. The molecule has 0 radical (unpaired) electrons. The van der Waals surface area contributed by atoms with Gasteiger partial charge in [-0.3, -0.25) is 0 Å². The number of nitrogens with zero attached hydrogens (tertiary/aromatic N) is 2. The van der Waals surface area contributed by atoms with Crippen LogP contribution in [-0.4, -0.2) is 36.3 Å². The van der Waals surface area contributed by atoms with E-state index in [1.807, 2.05) is 18.2 Å². The Hall–Kier alpha value is -2.99. The summed E-state index contributed by atoms with van der Waals surface area (Å²) in [6.07, 6.45) is 2.91. The second-order valence-corrected chi connectivity index (χ2v) is 8.15. The highest BCUT2D eigenvalue weighted by Gasteiger charge is 2.25. The van der Waals surface area contributed by atoms with Gasteiger partial charge in [-0.2, -0.15) is 0 Å². The molecule has 3 aromatic carbocycles. The number of benzene rings is 3. The van der Waals surface area contributed by atoms with Gasteiger partial charge in [0.05, 0.1) is 12.3 Å². The van der Waals surface area contributed by atoms with E-state index in [0.29, 0.717) is 18.1 Å². The summed E-state index contributed by atoms with van der Waals surface area (Å²) in [5.74, 6) is 0.507. The van der Waals surface area contributed by atoms with Crippen LogP contribution in [0.4, 0.5) is 8.78 Å². The summed E-state index contributed by atoms with van der Waals surface area (Å²) < 4.78 is 38.2. The Morgan fingerprint density at radius 3 is 2.65 bits per heavy atom. The summed E-state index contributed by atoms with van der Waals surface area (Å²) in [4.78, 5) is 2.44. The van der Waals surface area contributed by atoms with Crippen molar-refractivity contribution in [1.82, 2.24) is 10.1 Å². The molecule has 0 aliphatic carbocycles. The fourth-order valence-corrected chi connectivity index (χ4v) is 4.47. The van der Waals surface area contributed by atoms with Gasteiger partial charge in [-0.15, -0.1) is 0 Å². The Bertz CT molecular complexity index is 1200. The summed E-state index contributed by atoms with van der Waals surface area (Å²) in [6.45, 7) is 3.52. The number of likely N-dealkylation sites (tertiary alicyclic amines) is 1. The molecule has 1 fully saturated rings. The summed E-state index contributed by atoms with van der Waals surface area (Å²) in [5.41, 5.74) is 1.46. The molecule has 6 heteroatoms. The van der Waals surface area contributed by atoms with Crippen LogP contribution in [0.5, 0.6) is 5.75 Å². The Balaban J connectivity index is 1.12. The van der Waals surface area contributed by atoms with Gasteiger partial charge in [0.15, 0.2) is 5.58 Å². The highest BCUT2D eigenvalue weighted by Crippen LogP contribution is 2.33. The van der Waals surface area contributed by atoms with E-state index in [2.05, 4.69) is 10.1 Å². The molecule has 1 aliphatic heterocycles. The minimum atomic E-state index is -0.305. The Morgan fingerprint density at radius 1 is 0.968 bits per heavy atom. The third-order valence-corrected chi connectivity index (χ3v) is 6.12. The summed E-state index contributed by atoms with van der Waals surface area (Å²) in [5, 5.41) is 6.92. The van der Waals surface area contributed by atoms with Crippen LogP contribution in [-0.2, 0) is 0 Å². The Morgan fingerprint density at radius 2 is 1.77 bits per heavy atom. The molecule has 1 aromatic heterocycles. The van der Waals surface area contributed by atoms with Crippen molar-refractivity contribution in [3.63, 3.8) is 0 Å². The molecular formula is C25H24F2N2O2. The second kappa shape index (κ2) is 8.63. The van der Waals surface area contributed by atoms with Crippen molar-refractivity contribution in [2.24, 2.45) is 0 Å². The van der Waals surface area contributed by atoms with E-state index >= 15 is 0 Å². The topological polar surface area (TPSA) is 38.5 Å². The molecule has 2 heterocycles. The third kappa shape index (κ3) is 4.26. The van der Waals surface area contributed by atoms with Gasteiger partial charge in [-0.1, -0.05) is 23.4 Å². The van der Waals surface area contributed by atoms with Gasteiger partial charge >= 0.3 is 0 Å². The molecule has 5 rings (SSSR count). The first kappa shape index (κ1) is 19.9. The summed E-state index contributed by atoms with van der Waals surface area (Å²) in [7, 11) is 0. The molecule has 0 saturated carbocycles. The molecule has 4 nitrogen and oxygen atoms in total. The highest BCUT2D eigenvalue weighted by molar-refractivity contribution is 5.88. The van der Waals surface area contributed by atoms with Crippen LogP contribution in [0, 0.1) is 11.6 Å². The van der Waals surface area contributed by atoms with Crippen molar-refractivity contribution in [2.45, 2.75) is 25.2 Å². The maximum Gasteiger partial charge on any atom is 0.170 e. The first-order valence-corrected chi connectivity index (χ1v) is 10.8. The van der Waals surface area contributed by atoms with Gasteiger partial charge in [0, 0.05) is 29.3 Å². The molecule has 160 valence electrons. The van der Waals surface area contributed by atoms with Crippen LogP contribution in [0.3, 0.4) is 0 Å². The summed E-state index contributed by atoms with van der Waals surface area (Å²) in [6, 6.07) is 15.2. The quantitative estimate of drug-likeness (QED) is 0.362. The first-order valence-electron chi connectivity index (χ1n) is 10.8. The van der Waals surface area contributed by atoms with Crippen molar-refractivity contribution in [1.29, 1.82) is 0 Å². The average molecular weight is 422 g/mol. The number of hydrogen-bond donors (Lipinski definition) is 0. The van der Waals surface area contributed by atoms with Crippen LogP contribution in [0.15, 0.2) is 59.1 Å². The zero-order valence-electron chi connectivity index (χ0n) is 17.2.